The van der Waals surface area contributed by atoms with Crippen LogP contribution in [0.1, 0.15) is 19.8 Å². The summed E-state index contributed by atoms with van der Waals surface area (Å²) in [4.78, 5) is 11.9. The van der Waals surface area contributed by atoms with Gasteiger partial charge in [-0.2, -0.15) is 5.10 Å². The van der Waals surface area contributed by atoms with Gasteiger partial charge in [0.05, 0.1) is 30.6 Å². The maximum atomic E-state index is 11.9. The van der Waals surface area contributed by atoms with Crippen molar-refractivity contribution in [1.29, 1.82) is 0 Å². The first kappa shape index (κ1) is 14.0. The Kier molecular flexibility index (Phi) is 4.93. The van der Waals surface area contributed by atoms with Crippen LogP contribution in [0.5, 0.6) is 0 Å². The van der Waals surface area contributed by atoms with Gasteiger partial charge in [0.2, 0.25) is 0 Å². The zero-order chi connectivity index (χ0) is 13.7. The molecule has 0 aromatic carbocycles. The fourth-order valence-electron chi connectivity index (χ4n) is 2.21. The molecule has 1 saturated heterocycles. The molecule has 0 amide bonds. The zero-order valence-electron chi connectivity index (χ0n) is 11.6. The molecule has 2 heterocycles. The second-order valence-electron chi connectivity index (χ2n) is 4.94. The number of ether oxygens (including phenoxy) is 1. The van der Waals surface area contributed by atoms with E-state index in [2.05, 4.69) is 22.7 Å². The zero-order valence-corrected chi connectivity index (χ0v) is 11.6. The molecule has 2 unspecified atom stereocenters. The fourth-order valence-corrected chi connectivity index (χ4v) is 2.21. The summed E-state index contributed by atoms with van der Waals surface area (Å²) in [7, 11) is 1.89. The molecule has 19 heavy (non-hydrogen) atoms. The van der Waals surface area contributed by atoms with E-state index < -0.39 is 0 Å². The molecule has 1 fully saturated rings. The molecule has 1 aromatic heterocycles. The summed E-state index contributed by atoms with van der Waals surface area (Å²) >= 11 is 0. The minimum absolute atomic E-state index is 0.0855. The number of hydrogen-bond donors (Lipinski definition) is 2. The quantitative estimate of drug-likeness (QED) is 0.731. The number of rotatable bonds is 6. The van der Waals surface area contributed by atoms with Crippen molar-refractivity contribution in [2.75, 3.05) is 25.5 Å². The summed E-state index contributed by atoms with van der Waals surface area (Å²) in [5.41, 5.74) is 0.676. The first-order chi connectivity index (χ1) is 9.19. The average molecular weight is 266 g/mol. The topological polar surface area (TPSA) is 68.2 Å². The van der Waals surface area contributed by atoms with Gasteiger partial charge in [0, 0.05) is 19.2 Å². The van der Waals surface area contributed by atoms with Crippen LogP contribution in [0.25, 0.3) is 0 Å². The van der Waals surface area contributed by atoms with Crippen LogP contribution in [0.4, 0.5) is 5.69 Å². The van der Waals surface area contributed by atoms with Gasteiger partial charge in [-0.15, -0.1) is 0 Å². The predicted octanol–water partition coefficient (Wildman–Crippen LogP) is 0.442. The van der Waals surface area contributed by atoms with Gasteiger partial charge in [-0.05, 0) is 26.8 Å². The van der Waals surface area contributed by atoms with Crippen molar-refractivity contribution in [1.82, 2.24) is 15.1 Å². The van der Waals surface area contributed by atoms with Crippen LogP contribution < -0.4 is 16.2 Å². The molecule has 6 nitrogen and oxygen atoms in total. The second kappa shape index (κ2) is 6.68. The summed E-state index contributed by atoms with van der Waals surface area (Å²) < 4.78 is 7.18. The van der Waals surface area contributed by atoms with Crippen LogP contribution in [0.2, 0.25) is 0 Å². The van der Waals surface area contributed by atoms with Crippen LogP contribution in [0.3, 0.4) is 0 Å². The van der Waals surface area contributed by atoms with Crippen molar-refractivity contribution in [3.63, 3.8) is 0 Å². The monoisotopic (exact) mass is 266 g/mol. The molecule has 2 N–H and O–H groups in total. The third-order valence-corrected chi connectivity index (χ3v) is 3.27. The third-order valence-electron chi connectivity index (χ3n) is 3.27. The van der Waals surface area contributed by atoms with Gasteiger partial charge in [-0.3, -0.25) is 4.79 Å². The predicted molar refractivity (Wildman–Crippen MR) is 74.5 cm³/mol. The van der Waals surface area contributed by atoms with Gasteiger partial charge >= 0.3 is 0 Å². The molecular formula is C13H22N4O2. The van der Waals surface area contributed by atoms with Gasteiger partial charge in [-0.1, -0.05) is 0 Å². The van der Waals surface area contributed by atoms with E-state index in [9.17, 15) is 4.79 Å². The van der Waals surface area contributed by atoms with Crippen molar-refractivity contribution >= 4 is 5.69 Å². The average Bonchev–Trinajstić information content (AvgIpc) is 2.79. The number of aromatic nitrogens is 2. The summed E-state index contributed by atoms with van der Waals surface area (Å²) in [5, 5.41) is 10.4. The van der Waals surface area contributed by atoms with E-state index >= 15 is 0 Å². The molecular weight excluding hydrogens is 244 g/mol. The lowest BCUT2D eigenvalue weighted by molar-refractivity contribution is 0.0428. The molecule has 1 aliphatic rings. The number of likely N-dealkylation sites (N-methyl/N-ethyl adjacent to an activating group) is 1. The second-order valence-corrected chi connectivity index (χ2v) is 4.94. The first-order valence-electron chi connectivity index (χ1n) is 6.80. The van der Waals surface area contributed by atoms with Crippen molar-refractivity contribution in [2.24, 2.45) is 0 Å². The molecule has 1 aromatic rings. The van der Waals surface area contributed by atoms with Gasteiger partial charge < -0.3 is 15.4 Å². The smallest absolute Gasteiger partial charge is 0.268 e. The Morgan fingerprint density at radius 1 is 1.47 bits per heavy atom. The maximum Gasteiger partial charge on any atom is 0.268 e. The number of anilines is 1. The molecule has 0 saturated carbocycles. The Bertz CT molecular complexity index is 460. The highest BCUT2D eigenvalue weighted by Gasteiger charge is 2.22. The van der Waals surface area contributed by atoms with Crippen molar-refractivity contribution in [2.45, 2.75) is 38.5 Å². The van der Waals surface area contributed by atoms with Crippen LogP contribution in [0, 0.1) is 0 Å². The lowest BCUT2D eigenvalue weighted by atomic mass is 10.2. The summed E-state index contributed by atoms with van der Waals surface area (Å²) in [6.45, 7) is 4.22. The highest BCUT2D eigenvalue weighted by Crippen LogP contribution is 2.19. The molecule has 0 radical (unpaired) electrons. The standard InChI is InChI=1S/C13H22N4O2/c1-10-3-4-12(19-10)9-17-13(18)7-11(8-16-17)15-6-5-14-2/h7-8,10,12,14-15H,3-6,9H2,1-2H3. The number of hydrogen-bond acceptors (Lipinski definition) is 5. The van der Waals surface area contributed by atoms with E-state index in [4.69, 9.17) is 4.74 Å². The van der Waals surface area contributed by atoms with E-state index in [0.717, 1.165) is 31.6 Å². The van der Waals surface area contributed by atoms with Crippen LogP contribution in [0.15, 0.2) is 17.1 Å². The minimum atomic E-state index is -0.0855. The molecule has 2 rings (SSSR count). The SMILES string of the molecule is CNCCNc1cnn(CC2CCC(C)O2)c(=O)c1. The normalized spacial score (nSPS) is 22.6. The lowest BCUT2D eigenvalue weighted by Gasteiger charge is -2.12. The van der Waals surface area contributed by atoms with Crippen molar-refractivity contribution in [3.8, 4) is 0 Å². The van der Waals surface area contributed by atoms with Gasteiger partial charge in [0.15, 0.2) is 0 Å². The van der Waals surface area contributed by atoms with Gasteiger partial charge in [-0.25, -0.2) is 4.68 Å². The fraction of sp³-hybridized carbons (Fsp3) is 0.692. The first-order valence-corrected chi connectivity index (χ1v) is 6.80. The summed E-state index contributed by atoms with van der Waals surface area (Å²) in [6, 6.07) is 1.58. The van der Waals surface area contributed by atoms with Crippen LogP contribution in [-0.4, -0.2) is 42.1 Å². The molecule has 0 spiro atoms. The van der Waals surface area contributed by atoms with E-state index in [1.54, 1.807) is 12.3 Å². The van der Waals surface area contributed by atoms with Gasteiger partial charge in [0.1, 0.15) is 0 Å². The maximum absolute atomic E-state index is 11.9. The Hall–Kier alpha value is -1.40. The lowest BCUT2D eigenvalue weighted by Crippen LogP contribution is -2.29. The number of nitrogens with one attached hydrogen (secondary N) is 2. The molecule has 2 atom stereocenters. The van der Waals surface area contributed by atoms with Crippen LogP contribution >= 0.6 is 0 Å². The highest BCUT2D eigenvalue weighted by molar-refractivity contribution is 5.38. The third kappa shape index (κ3) is 4.04. The molecule has 0 bridgehead atoms. The Balaban J connectivity index is 1.93. The Labute approximate surface area is 113 Å². The van der Waals surface area contributed by atoms with Crippen molar-refractivity contribution < 1.29 is 4.74 Å². The summed E-state index contributed by atoms with van der Waals surface area (Å²) in [5.74, 6) is 0. The number of nitrogens with zero attached hydrogens (tertiary/aromatic N) is 2. The highest BCUT2D eigenvalue weighted by atomic mass is 16.5. The Morgan fingerprint density at radius 3 is 2.95 bits per heavy atom. The molecule has 0 aliphatic carbocycles. The minimum Gasteiger partial charge on any atom is -0.382 e. The van der Waals surface area contributed by atoms with E-state index in [-0.39, 0.29) is 11.7 Å². The molecule has 106 valence electrons. The van der Waals surface area contributed by atoms with Crippen LogP contribution in [-0.2, 0) is 11.3 Å². The Morgan fingerprint density at radius 2 is 2.32 bits per heavy atom. The largest absolute Gasteiger partial charge is 0.382 e. The van der Waals surface area contributed by atoms with E-state index in [1.807, 2.05) is 7.05 Å². The molecule has 6 heteroatoms. The van der Waals surface area contributed by atoms with E-state index in [1.165, 1.54) is 4.68 Å². The molecule has 1 aliphatic heterocycles. The van der Waals surface area contributed by atoms with Crippen molar-refractivity contribution in [3.05, 3.63) is 22.6 Å². The summed E-state index contributed by atoms with van der Waals surface area (Å²) in [6.07, 6.45) is 4.15. The van der Waals surface area contributed by atoms with E-state index in [0.29, 0.717) is 12.6 Å². The van der Waals surface area contributed by atoms with Gasteiger partial charge in [0.25, 0.3) is 5.56 Å².